The monoisotopic (exact) mass is 259 g/mol. The highest BCUT2D eigenvalue weighted by molar-refractivity contribution is 5.75. The van der Waals surface area contributed by atoms with Crippen LogP contribution in [0.5, 0.6) is 0 Å². The van der Waals surface area contributed by atoms with Crippen LogP contribution >= 0.6 is 0 Å². The van der Waals surface area contributed by atoms with Gasteiger partial charge >= 0.3 is 5.97 Å². The minimum absolute atomic E-state index is 0.198. The predicted octanol–water partition coefficient (Wildman–Crippen LogP) is 0.267. The Hall–Kier alpha value is -0.650. The van der Waals surface area contributed by atoms with E-state index in [4.69, 9.17) is 4.74 Å². The van der Waals surface area contributed by atoms with Crippen molar-refractivity contribution < 1.29 is 9.53 Å². The summed E-state index contributed by atoms with van der Waals surface area (Å²) in [5, 5.41) is 3.01. The first-order chi connectivity index (χ1) is 8.40. The Kier molecular flexibility index (Phi) is 8.97. The molecular weight excluding hydrogens is 230 g/mol. The second-order valence-electron chi connectivity index (χ2n) is 5.32. The number of methoxy groups -OCH3 is 1. The molecule has 0 aliphatic heterocycles. The minimum atomic E-state index is -0.254. The minimum Gasteiger partial charge on any atom is -0.468 e. The van der Waals surface area contributed by atoms with Crippen molar-refractivity contribution in [3.05, 3.63) is 0 Å². The molecule has 0 aromatic carbocycles. The lowest BCUT2D eigenvalue weighted by molar-refractivity contribution is -0.143. The van der Waals surface area contributed by atoms with E-state index in [-0.39, 0.29) is 12.0 Å². The summed E-state index contributed by atoms with van der Waals surface area (Å²) in [6, 6.07) is -0.254. The first-order valence-electron chi connectivity index (χ1n) is 6.52. The van der Waals surface area contributed by atoms with Crippen molar-refractivity contribution in [3.63, 3.8) is 0 Å². The molecule has 0 aliphatic rings. The number of ether oxygens (including phenoxy) is 1. The third kappa shape index (κ3) is 7.63. The number of rotatable bonds is 9. The van der Waals surface area contributed by atoms with Crippen LogP contribution in [0.3, 0.4) is 0 Å². The van der Waals surface area contributed by atoms with Crippen LogP contribution in [0.1, 0.15) is 13.8 Å². The van der Waals surface area contributed by atoms with Gasteiger partial charge in [-0.1, -0.05) is 13.8 Å². The van der Waals surface area contributed by atoms with Gasteiger partial charge in [-0.3, -0.25) is 9.69 Å². The van der Waals surface area contributed by atoms with Gasteiger partial charge in [0.2, 0.25) is 0 Å². The van der Waals surface area contributed by atoms with Gasteiger partial charge < -0.3 is 15.0 Å². The van der Waals surface area contributed by atoms with Crippen molar-refractivity contribution in [3.8, 4) is 0 Å². The maximum atomic E-state index is 11.6. The number of carbonyl (C=O) groups excluding carboxylic acids is 1. The fraction of sp³-hybridized carbons (Fsp3) is 0.923. The molecule has 0 saturated heterocycles. The normalized spacial score (nSPS) is 13.4. The summed E-state index contributed by atoms with van der Waals surface area (Å²) in [7, 11) is 7.34. The van der Waals surface area contributed by atoms with Crippen molar-refractivity contribution in [2.75, 3.05) is 54.4 Å². The van der Waals surface area contributed by atoms with E-state index < -0.39 is 0 Å². The summed E-state index contributed by atoms with van der Waals surface area (Å²) in [5.74, 6) is 0.387. The van der Waals surface area contributed by atoms with Crippen LogP contribution in [0.15, 0.2) is 0 Å². The van der Waals surface area contributed by atoms with E-state index in [0.29, 0.717) is 12.5 Å². The van der Waals surface area contributed by atoms with Crippen LogP contribution in [0.25, 0.3) is 0 Å². The van der Waals surface area contributed by atoms with E-state index in [0.717, 1.165) is 19.6 Å². The zero-order chi connectivity index (χ0) is 14.1. The molecule has 0 radical (unpaired) electrons. The highest BCUT2D eigenvalue weighted by Gasteiger charge is 2.20. The van der Waals surface area contributed by atoms with Crippen LogP contribution in [0.4, 0.5) is 0 Å². The molecule has 0 aromatic heterocycles. The molecule has 18 heavy (non-hydrogen) atoms. The highest BCUT2D eigenvalue weighted by atomic mass is 16.5. The Bertz CT molecular complexity index is 232. The molecule has 0 heterocycles. The van der Waals surface area contributed by atoms with Gasteiger partial charge in [0.25, 0.3) is 0 Å². The molecule has 0 rings (SSSR count). The van der Waals surface area contributed by atoms with E-state index in [1.165, 1.54) is 7.11 Å². The van der Waals surface area contributed by atoms with Crippen molar-refractivity contribution in [2.45, 2.75) is 19.9 Å². The van der Waals surface area contributed by atoms with E-state index in [1.807, 2.05) is 0 Å². The lowest BCUT2D eigenvalue weighted by Crippen LogP contribution is -2.47. The third-order valence-corrected chi connectivity index (χ3v) is 2.76. The lowest BCUT2D eigenvalue weighted by Gasteiger charge is -2.28. The zero-order valence-corrected chi connectivity index (χ0v) is 12.7. The maximum Gasteiger partial charge on any atom is 0.324 e. The van der Waals surface area contributed by atoms with Gasteiger partial charge in [-0.25, -0.2) is 0 Å². The maximum absolute atomic E-state index is 11.6. The van der Waals surface area contributed by atoms with Gasteiger partial charge in [0.15, 0.2) is 0 Å². The number of hydrogen-bond donors (Lipinski definition) is 1. The van der Waals surface area contributed by atoms with Crippen LogP contribution in [-0.2, 0) is 9.53 Å². The van der Waals surface area contributed by atoms with Crippen LogP contribution in [0, 0.1) is 5.92 Å². The summed E-state index contributed by atoms with van der Waals surface area (Å²) in [5.41, 5.74) is 0. The van der Waals surface area contributed by atoms with E-state index in [2.05, 4.69) is 43.1 Å². The fourth-order valence-electron chi connectivity index (χ4n) is 1.80. The molecule has 0 bridgehead atoms. The van der Waals surface area contributed by atoms with Gasteiger partial charge in [0.05, 0.1) is 7.11 Å². The number of hydrogen-bond acceptors (Lipinski definition) is 5. The standard InChI is InChI=1S/C13H29N3O2/c1-11(2)9-16(8-7-15(4)5)10-12(14-3)13(17)18-6/h11-12,14H,7-10H2,1-6H3. The molecule has 0 fully saturated rings. The summed E-state index contributed by atoms with van der Waals surface area (Å²) in [4.78, 5) is 16.0. The van der Waals surface area contributed by atoms with Gasteiger partial charge in [0, 0.05) is 26.2 Å². The molecule has 1 N–H and O–H groups in total. The third-order valence-electron chi connectivity index (χ3n) is 2.76. The SMILES string of the molecule is CNC(CN(CCN(C)C)CC(C)C)C(=O)OC. The Labute approximate surface area is 111 Å². The van der Waals surface area contributed by atoms with Crippen LogP contribution < -0.4 is 5.32 Å². The predicted molar refractivity (Wildman–Crippen MR) is 74.7 cm³/mol. The Morgan fingerprint density at radius 1 is 1.22 bits per heavy atom. The average Bonchev–Trinajstić information content (AvgIpc) is 2.30. The zero-order valence-electron chi connectivity index (χ0n) is 12.7. The Balaban J connectivity index is 4.39. The number of nitrogens with one attached hydrogen (secondary N) is 1. The summed E-state index contributed by atoms with van der Waals surface area (Å²) in [6.45, 7) is 8.01. The second kappa shape index (κ2) is 9.30. The Morgan fingerprint density at radius 3 is 2.22 bits per heavy atom. The Morgan fingerprint density at radius 2 is 1.83 bits per heavy atom. The van der Waals surface area contributed by atoms with Gasteiger partial charge in [-0.15, -0.1) is 0 Å². The number of likely N-dealkylation sites (N-methyl/N-ethyl adjacent to an activating group) is 2. The molecule has 0 saturated carbocycles. The fourth-order valence-corrected chi connectivity index (χ4v) is 1.80. The molecular formula is C13H29N3O2. The van der Waals surface area contributed by atoms with Crippen molar-refractivity contribution >= 4 is 5.97 Å². The molecule has 1 atom stereocenters. The average molecular weight is 259 g/mol. The quantitative estimate of drug-likeness (QED) is 0.602. The van der Waals surface area contributed by atoms with Gasteiger partial charge in [-0.2, -0.15) is 0 Å². The first-order valence-corrected chi connectivity index (χ1v) is 6.52. The van der Waals surface area contributed by atoms with Crippen molar-refractivity contribution in [2.24, 2.45) is 5.92 Å². The summed E-state index contributed by atoms with van der Waals surface area (Å²) >= 11 is 0. The highest BCUT2D eigenvalue weighted by Crippen LogP contribution is 2.01. The molecule has 0 spiro atoms. The number of nitrogens with zero attached hydrogens (tertiary/aromatic N) is 2. The molecule has 5 heteroatoms. The van der Waals surface area contributed by atoms with E-state index >= 15 is 0 Å². The lowest BCUT2D eigenvalue weighted by atomic mass is 10.2. The first kappa shape index (κ1) is 17.4. The van der Waals surface area contributed by atoms with E-state index in [1.54, 1.807) is 7.05 Å². The molecule has 0 amide bonds. The topological polar surface area (TPSA) is 44.8 Å². The molecule has 1 unspecified atom stereocenters. The van der Waals surface area contributed by atoms with E-state index in [9.17, 15) is 4.79 Å². The molecule has 0 aromatic rings. The smallest absolute Gasteiger partial charge is 0.324 e. The van der Waals surface area contributed by atoms with Gasteiger partial charge in [-0.05, 0) is 27.1 Å². The molecule has 108 valence electrons. The summed E-state index contributed by atoms with van der Waals surface area (Å²) in [6.07, 6.45) is 0. The number of carbonyl (C=O) groups is 1. The second-order valence-corrected chi connectivity index (χ2v) is 5.32. The van der Waals surface area contributed by atoms with Crippen molar-refractivity contribution in [1.82, 2.24) is 15.1 Å². The van der Waals surface area contributed by atoms with Crippen LogP contribution in [-0.4, -0.2) is 76.2 Å². The number of esters is 1. The van der Waals surface area contributed by atoms with Gasteiger partial charge in [0.1, 0.15) is 6.04 Å². The largest absolute Gasteiger partial charge is 0.468 e. The van der Waals surface area contributed by atoms with Crippen molar-refractivity contribution in [1.29, 1.82) is 0 Å². The molecule has 0 aliphatic carbocycles. The molecule has 5 nitrogen and oxygen atoms in total. The van der Waals surface area contributed by atoms with Crippen LogP contribution in [0.2, 0.25) is 0 Å². The summed E-state index contributed by atoms with van der Waals surface area (Å²) < 4.78 is 4.80.